The summed E-state index contributed by atoms with van der Waals surface area (Å²) in [5.41, 5.74) is 3.25. The highest BCUT2D eigenvalue weighted by Crippen LogP contribution is 2.21. The van der Waals surface area contributed by atoms with Gasteiger partial charge in [0.2, 0.25) is 0 Å². The van der Waals surface area contributed by atoms with Crippen LogP contribution < -0.4 is 4.84 Å². The smallest absolute Gasteiger partial charge is 0.312 e. The molecule has 0 saturated heterocycles. The first-order chi connectivity index (χ1) is 12.2. The molecular formula is C20H21N3O2. The number of hydrogen-bond acceptors (Lipinski definition) is 4. The van der Waals surface area contributed by atoms with Crippen LogP contribution >= 0.6 is 0 Å². The van der Waals surface area contributed by atoms with Gasteiger partial charge in [-0.1, -0.05) is 61.7 Å². The number of carbonyl (C=O) groups is 1. The third-order valence-corrected chi connectivity index (χ3v) is 3.41. The molecule has 0 aliphatic carbocycles. The first-order valence-electron chi connectivity index (χ1n) is 8.12. The first kappa shape index (κ1) is 18.1. The third-order valence-electron chi connectivity index (χ3n) is 3.41. The van der Waals surface area contributed by atoms with Gasteiger partial charge in [-0.2, -0.15) is 0 Å². The van der Waals surface area contributed by atoms with E-state index in [0.29, 0.717) is 23.0 Å². The first-order valence-corrected chi connectivity index (χ1v) is 8.12. The quantitative estimate of drug-likeness (QED) is 0.515. The fourth-order valence-corrected chi connectivity index (χ4v) is 2.30. The second-order valence-electron chi connectivity index (χ2n) is 4.97. The molecule has 1 heterocycles. The van der Waals surface area contributed by atoms with Crippen molar-refractivity contribution in [3.8, 4) is 0 Å². The maximum atomic E-state index is 12.5. The van der Waals surface area contributed by atoms with Gasteiger partial charge in [0.25, 0.3) is 0 Å². The summed E-state index contributed by atoms with van der Waals surface area (Å²) >= 11 is 0. The molecule has 5 heteroatoms. The van der Waals surface area contributed by atoms with Gasteiger partial charge >= 0.3 is 5.97 Å². The highest BCUT2D eigenvalue weighted by atomic mass is 16.7. The molecule has 5 nitrogen and oxygen atoms in total. The van der Waals surface area contributed by atoms with Gasteiger partial charge < -0.3 is 4.84 Å². The van der Waals surface area contributed by atoms with Gasteiger partial charge in [0.15, 0.2) is 0 Å². The van der Waals surface area contributed by atoms with Crippen LogP contribution in [0.2, 0.25) is 0 Å². The number of allylic oxidation sites excluding steroid dienone is 2. The molecule has 0 spiro atoms. The number of para-hydroxylation sites is 1. The largest absolute Gasteiger partial charge is 0.366 e. The SMILES string of the molecule is C=CCC(=C)c1ccccc1C(=O)On1nnc2ccccc21.CC. The van der Waals surface area contributed by atoms with Crippen LogP contribution in [0.4, 0.5) is 0 Å². The molecule has 0 amide bonds. The standard InChI is InChI=1S/C18H15N3O2.C2H6/c1-3-8-13(2)14-9-4-5-10-15(14)18(22)23-21-17-12-7-6-11-16(17)19-20-21;1-2/h3-7,9-12H,1-2,8H2;1-2H3. The van der Waals surface area contributed by atoms with Gasteiger partial charge in [0.1, 0.15) is 11.0 Å². The second-order valence-corrected chi connectivity index (χ2v) is 4.97. The van der Waals surface area contributed by atoms with E-state index >= 15 is 0 Å². The number of nitrogens with zero attached hydrogens (tertiary/aromatic N) is 3. The second kappa shape index (κ2) is 8.59. The molecule has 3 rings (SSSR count). The van der Waals surface area contributed by atoms with Crippen LogP contribution in [-0.2, 0) is 0 Å². The van der Waals surface area contributed by atoms with Crippen molar-refractivity contribution >= 4 is 22.6 Å². The predicted molar refractivity (Wildman–Crippen MR) is 100 cm³/mol. The molecule has 0 aliphatic heterocycles. The Hall–Kier alpha value is -3.21. The zero-order chi connectivity index (χ0) is 18.2. The van der Waals surface area contributed by atoms with Crippen molar-refractivity contribution in [2.45, 2.75) is 20.3 Å². The van der Waals surface area contributed by atoms with Crippen LogP contribution in [0, 0.1) is 0 Å². The average Bonchev–Trinajstić information content (AvgIpc) is 3.06. The average molecular weight is 335 g/mol. The lowest BCUT2D eigenvalue weighted by atomic mass is 9.99. The minimum atomic E-state index is -0.513. The van der Waals surface area contributed by atoms with Crippen LogP contribution in [0.15, 0.2) is 67.8 Å². The molecule has 0 aliphatic rings. The van der Waals surface area contributed by atoms with Gasteiger partial charge in [-0.25, -0.2) is 4.79 Å². The summed E-state index contributed by atoms with van der Waals surface area (Å²) in [5.74, 6) is -0.513. The number of aromatic nitrogens is 3. The molecule has 128 valence electrons. The molecule has 0 unspecified atom stereocenters. The van der Waals surface area contributed by atoms with Crippen molar-refractivity contribution in [3.05, 3.63) is 78.9 Å². The van der Waals surface area contributed by atoms with Crippen LogP contribution in [0.1, 0.15) is 36.2 Å². The van der Waals surface area contributed by atoms with Gasteiger partial charge in [0, 0.05) is 0 Å². The Bertz CT molecular complexity index is 897. The minimum Gasteiger partial charge on any atom is -0.312 e. The molecule has 1 aromatic heterocycles. The fourth-order valence-electron chi connectivity index (χ4n) is 2.30. The van der Waals surface area contributed by atoms with Crippen molar-refractivity contribution in [1.82, 2.24) is 15.2 Å². The zero-order valence-corrected chi connectivity index (χ0v) is 14.5. The third kappa shape index (κ3) is 4.01. The maximum absolute atomic E-state index is 12.5. The Balaban J connectivity index is 0.00000109. The van der Waals surface area contributed by atoms with E-state index in [-0.39, 0.29) is 0 Å². The number of benzene rings is 2. The highest BCUT2D eigenvalue weighted by molar-refractivity contribution is 5.95. The Kier molecular flexibility index (Phi) is 6.23. The van der Waals surface area contributed by atoms with E-state index in [4.69, 9.17) is 4.84 Å². The molecule has 0 bridgehead atoms. The summed E-state index contributed by atoms with van der Waals surface area (Å²) in [6.07, 6.45) is 2.34. The Morgan fingerprint density at radius 3 is 2.48 bits per heavy atom. The van der Waals surface area contributed by atoms with E-state index in [1.54, 1.807) is 30.3 Å². The lowest BCUT2D eigenvalue weighted by Crippen LogP contribution is -2.22. The summed E-state index contributed by atoms with van der Waals surface area (Å²) in [7, 11) is 0. The molecular weight excluding hydrogens is 314 g/mol. The normalized spacial score (nSPS) is 9.84. The Morgan fingerprint density at radius 1 is 1.12 bits per heavy atom. The van der Waals surface area contributed by atoms with Crippen molar-refractivity contribution in [2.24, 2.45) is 0 Å². The predicted octanol–water partition coefficient (Wildman–Crippen LogP) is 4.32. The maximum Gasteiger partial charge on any atom is 0.366 e. The van der Waals surface area contributed by atoms with Crippen molar-refractivity contribution in [2.75, 3.05) is 0 Å². The summed E-state index contributed by atoms with van der Waals surface area (Å²) < 4.78 is 0. The number of hydrogen-bond donors (Lipinski definition) is 0. The lowest BCUT2D eigenvalue weighted by Gasteiger charge is -2.10. The van der Waals surface area contributed by atoms with Gasteiger partial charge in [-0.3, -0.25) is 0 Å². The molecule has 0 fully saturated rings. The molecule has 0 atom stereocenters. The minimum absolute atomic E-state index is 0.430. The molecule has 0 saturated carbocycles. The van der Waals surface area contributed by atoms with E-state index in [1.165, 1.54) is 0 Å². The molecule has 2 aromatic carbocycles. The van der Waals surface area contributed by atoms with E-state index in [9.17, 15) is 4.79 Å². The van der Waals surface area contributed by atoms with Gasteiger partial charge in [0.05, 0.1) is 5.56 Å². The summed E-state index contributed by atoms with van der Waals surface area (Å²) in [5, 5.41) is 7.81. The molecule has 0 radical (unpaired) electrons. The van der Waals surface area contributed by atoms with Crippen LogP contribution in [0.3, 0.4) is 0 Å². The number of fused-ring (bicyclic) bond motifs is 1. The van der Waals surface area contributed by atoms with Crippen molar-refractivity contribution < 1.29 is 9.63 Å². The zero-order valence-electron chi connectivity index (χ0n) is 14.5. The summed E-state index contributed by atoms with van der Waals surface area (Å²) in [4.78, 5) is 19.0. The molecule has 25 heavy (non-hydrogen) atoms. The number of rotatable bonds is 5. The lowest BCUT2D eigenvalue weighted by molar-refractivity contribution is 0.0408. The summed E-state index contributed by atoms with van der Waals surface area (Å²) in [6, 6.07) is 14.4. The van der Waals surface area contributed by atoms with Gasteiger partial charge in [-0.15, -0.1) is 11.7 Å². The molecule has 3 aromatic rings. The van der Waals surface area contributed by atoms with E-state index in [0.717, 1.165) is 16.0 Å². The van der Waals surface area contributed by atoms with Crippen LogP contribution in [0.5, 0.6) is 0 Å². The summed E-state index contributed by atoms with van der Waals surface area (Å²) in [6.45, 7) is 11.7. The fraction of sp³-hybridized carbons (Fsp3) is 0.150. The topological polar surface area (TPSA) is 57.0 Å². The molecule has 0 N–H and O–H groups in total. The monoisotopic (exact) mass is 335 g/mol. The van der Waals surface area contributed by atoms with Crippen molar-refractivity contribution in [3.63, 3.8) is 0 Å². The van der Waals surface area contributed by atoms with E-state index < -0.39 is 5.97 Å². The van der Waals surface area contributed by atoms with Crippen LogP contribution in [0.25, 0.3) is 16.6 Å². The number of carbonyl (C=O) groups excluding carboxylic acids is 1. The van der Waals surface area contributed by atoms with Crippen LogP contribution in [-0.4, -0.2) is 21.1 Å². The Morgan fingerprint density at radius 2 is 1.76 bits per heavy atom. The van der Waals surface area contributed by atoms with E-state index in [1.807, 2.05) is 38.1 Å². The highest BCUT2D eigenvalue weighted by Gasteiger charge is 2.16. The van der Waals surface area contributed by atoms with Crippen molar-refractivity contribution in [1.29, 1.82) is 0 Å². The van der Waals surface area contributed by atoms with Gasteiger partial charge in [-0.05, 0) is 41.0 Å². The van der Waals surface area contributed by atoms with E-state index in [2.05, 4.69) is 23.5 Å². The Labute approximate surface area is 147 Å².